The highest BCUT2D eigenvalue weighted by Gasteiger charge is 2.37. The average molecular weight is 492 g/mol. The Morgan fingerprint density at radius 3 is 2.42 bits per heavy atom. The van der Waals surface area contributed by atoms with Gasteiger partial charge in [-0.3, -0.25) is 9.69 Å². The number of nitrogens with one attached hydrogen (secondary N) is 1. The molecule has 1 N–H and O–H groups in total. The van der Waals surface area contributed by atoms with E-state index >= 15 is 0 Å². The molecule has 1 fully saturated rings. The Morgan fingerprint density at radius 2 is 1.79 bits per heavy atom. The van der Waals surface area contributed by atoms with Gasteiger partial charge in [-0.25, -0.2) is 13.2 Å². The second-order valence-corrected chi connectivity index (χ2v) is 11.7. The minimum atomic E-state index is -3.73. The third-order valence-corrected chi connectivity index (χ3v) is 9.67. The van der Waals surface area contributed by atoms with E-state index in [4.69, 9.17) is 4.74 Å². The van der Waals surface area contributed by atoms with Crippen LogP contribution in [0, 0.1) is 0 Å². The summed E-state index contributed by atoms with van der Waals surface area (Å²) in [5, 5.41) is 2.76. The van der Waals surface area contributed by atoms with Crippen LogP contribution in [0.4, 0.5) is 5.69 Å². The van der Waals surface area contributed by atoms with Gasteiger partial charge in [0.2, 0.25) is 5.91 Å². The maximum absolute atomic E-state index is 13.4. The first-order valence-electron chi connectivity index (χ1n) is 11.1. The van der Waals surface area contributed by atoms with Gasteiger partial charge in [-0.2, -0.15) is 4.31 Å². The number of benzene rings is 1. The minimum Gasteiger partial charge on any atom is -0.465 e. The molecule has 3 heterocycles. The van der Waals surface area contributed by atoms with E-state index in [0.717, 1.165) is 41.0 Å². The third-order valence-electron chi connectivity index (χ3n) is 6.06. The summed E-state index contributed by atoms with van der Waals surface area (Å²) < 4.78 is 33.4. The summed E-state index contributed by atoms with van der Waals surface area (Å²) in [6.07, 6.45) is 3.30. The molecule has 2 aromatic rings. The Bertz CT molecular complexity index is 1140. The summed E-state index contributed by atoms with van der Waals surface area (Å²) in [5.41, 5.74) is 2.88. The number of nitrogens with zero attached hydrogens (tertiary/aromatic N) is 2. The molecule has 2 aliphatic heterocycles. The van der Waals surface area contributed by atoms with Crippen molar-refractivity contribution in [2.24, 2.45) is 0 Å². The Kier molecular flexibility index (Phi) is 7.18. The van der Waals surface area contributed by atoms with Crippen molar-refractivity contribution in [1.29, 1.82) is 0 Å². The molecule has 1 amide bonds. The van der Waals surface area contributed by atoms with Crippen LogP contribution in [-0.2, 0) is 39.1 Å². The highest BCUT2D eigenvalue weighted by atomic mass is 32.2. The summed E-state index contributed by atoms with van der Waals surface area (Å²) in [4.78, 5) is 27.0. The fraction of sp³-hybridized carbons (Fsp3) is 0.478. The fourth-order valence-corrected chi connectivity index (χ4v) is 8.02. The van der Waals surface area contributed by atoms with Crippen molar-refractivity contribution in [2.75, 3.05) is 32.1 Å². The first kappa shape index (κ1) is 23.9. The van der Waals surface area contributed by atoms with Gasteiger partial charge in [0.25, 0.3) is 10.0 Å². The van der Waals surface area contributed by atoms with Gasteiger partial charge in [0, 0.05) is 50.2 Å². The van der Waals surface area contributed by atoms with Crippen LogP contribution in [0.3, 0.4) is 0 Å². The topological polar surface area (TPSA) is 96.0 Å². The Hall–Kier alpha value is -2.27. The van der Waals surface area contributed by atoms with Gasteiger partial charge >= 0.3 is 5.97 Å². The lowest BCUT2D eigenvalue weighted by Gasteiger charge is -2.27. The van der Waals surface area contributed by atoms with Gasteiger partial charge in [0.15, 0.2) is 0 Å². The van der Waals surface area contributed by atoms with E-state index in [1.54, 1.807) is 0 Å². The van der Waals surface area contributed by atoms with E-state index in [0.29, 0.717) is 39.1 Å². The van der Waals surface area contributed by atoms with E-state index in [1.165, 1.54) is 29.7 Å². The van der Waals surface area contributed by atoms with E-state index in [1.807, 2.05) is 24.3 Å². The number of esters is 1. The summed E-state index contributed by atoms with van der Waals surface area (Å²) >= 11 is 1.21. The predicted molar refractivity (Wildman–Crippen MR) is 127 cm³/mol. The fourth-order valence-electron chi connectivity index (χ4n) is 4.43. The van der Waals surface area contributed by atoms with Gasteiger partial charge < -0.3 is 10.1 Å². The molecule has 10 heteroatoms. The zero-order valence-corrected chi connectivity index (χ0v) is 20.6. The summed E-state index contributed by atoms with van der Waals surface area (Å²) in [6.45, 7) is 4.44. The molecular weight excluding hydrogens is 462 g/mol. The lowest BCUT2D eigenvalue weighted by molar-refractivity contribution is -0.114. The number of rotatable bonds is 6. The molecule has 33 heavy (non-hydrogen) atoms. The smallest absolute Gasteiger partial charge is 0.340 e. The van der Waals surface area contributed by atoms with Crippen LogP contribution in [-0.4, -0.2) is 56.2 Å². The SMILES string of the molecule is COC(=O)c1c(S(=O)(=O)N2CCCCC2)sc2c1CCN(Cc1ccc(NC(C)=O)cc1)C2. The largest absolute Gasteiger partial charge is 0.465 e. The molecule has 0 radical (unpaired) electrons. The molecule has 178 valence electrons. The molecule has 2 aliphatic rings. The first-order valence-corrected chi connectivity index (χ1v) is 13.4. The maximum atomic E-state index is 13.4. The Morgan fingerprint density at radius 1 is 1.09 bits per heavy atom. The summed E-state index contributed by atoms with van der Waals surface area (Å²) in [7, 11) is -2.44. The number of sulfonamides is 1. The van der Waals surface area contributed by atoms with Gasteiger partial charge in [-0.15, -0.1) is 11.3 Å². The number of methoxy groups -OCH3 is 1. The molecule has 0 saturated carbocycles. The molecule has 0 bridgehead atoms. The highest BCUT2D eigenvalue weighted by Crippen LogP contribution is 2.39. The molecule has 0 unspecified atom stereocenters. The molecule has 0 atom stereocenters. The molecule has 1 aromatic carbocycles. The maximum Gasteiger partial charge on any atom is 0.340 e. The minimum absolute atomic E-state index is 0.110. The number of fused-ring (bicyclic) bond motifs is 1. The van der Waals surface area contributed by atoms with Gasteiger partial charge in [0.05, 0.1) is 12.7 Å². The van der Waals surface area contributed by atoms with Crippen molar-refractivity contribution >= 4 is 38.9 Å². The second kappa shape index (κ2) is 9.92. The monoisotopic (exact) mass is 491 g/mol. The number of thiophene rings is 1. The van der Waals surface area contributed by atoms with Crippen LogP contribution in [0.2, 0.25) is 0 Å². The van der Waals surface area contributed by atoms with Crippen LogP contribution < -0.4 is 5.32 Å². The van der Waals surface area contributed by atoms with Crippen molar-refractivity contribution in [1.82, 2.24) is 9.21 Å². The van der Waals surface area contributed by atoms with Crippen LogP contribution in [0.15, 0.2) is 28.5 Å². The summed E-state index contributed by atoms with van der Waals surface area (Å²) in [5.74, 6) is -0.689. The van der Waals surface area contributed by atoms with Crippen LogP contribution in [0.1, 0.15) is 52.5 Å². The standard InChI is InChI=1S/C23H29N3O5S2/c1-16(27)24-18-8-6-17(7-9-18)14-25-13-10-19-20(15-25)32-23(21(19)22(28)31-2)33(29,30)26-11-4-3-5-12-26/h6-9H,3-5,10-15H2,1-2H3,(H,24,27). The zero-order chi connectivity index (χ0) is 23.6. The van der Waals surface area contributed by atoms with Crippen molar-refractivity contribution in [3.8, 4) is 0 Å². The molecule has 0 spiro atoms. The quantitative estimate of drug-likeness (QED) is 0.624. The number of carbonyl (C=O) groups excluding carboxylic acids is 2. The van der Waals surface area contributed by atoms with Crippen LogP contribution in [0.25, 0.3) is 0 Å². The van der Waals surface area contributed by atoms with Gasteiger partial charge in [-0.1, -0.05) is 18.6 Å². The number of anilines is 1. The zero-order valence-electron chi connectivity index (χ0n) is 18.9. The Balaban J connectivity index is 1.57. The molecule has 1 saturated heterocycles. The highest BCUT2D eigenvalue weighted by molar-refractivity contribution is 7.91. The summed E-state index contributed by atoms with van der Waals surface area (Å²) in [6, 6.07) is 7.69. The second-order valence-electron chi connectivity index (χ2n) is 8.46. The number of piperidine rings is 1. The molecule has 0 aliphatic carbocycles. The van der Waals surface area contributed by atoms with Crippen LogP contribution in [0.5, 0.6) is 0 Å². The average Bonchev–Trinajstić information content (AvgIpc) is 3.20. The van der Waals surface area contributed by atoms with E-state index < -0.39 is 16.0 Å². The predicted octanol–water partition coefficient (Wildman–Crippen LogP) is 3.23. The number of amides is 1. The normalized spacial score (nSPS) is 17.4. The first-order chi connectivity index (χ1) is 15.8. The molecule has 8 nitrogen and oxygen atoms in total. The van der Waals surface area contributed by atoms with Crippen molar-refractivity contribution in [3.63, 3.8) is 0 Å². The van der Waals surface area contributed by atoms with Crippen molar-refractivity contribution in [3.05, 3.63) is 45.8 Å². The third kappa shape index (κ3) is 5.13. The van der Waals surface area contributed by atoms with Gasteiger partial charge in [0.1, 0.15) is 4.21 Å². The van der Waals surface area contributed by atoms with Crippen molar-refractivity contribution < 1.29 is 22.7 Å². The lowest BCUT2D eigenvalue weighted by Crippen LogP contribution is -2.36. The van der Waals surface area contributed by atoms with Crippen LogP contribution >= 0.6 is 11.3 Å². The molecular formula is C23H29N3O5S2. The number of hydrogen-bond acceptors (Lipinski definition) is 7. The number of ether oxygens (including phenoxy) is 1. The van der Waals surface area contributed by atoms with E-state index in [9.17, 15) is 18.0 Å². The van der Waals surface area contributed by atoms with E-state index in [-0.39, 0.29) is 15.7 Å². The number of hydrogen-bond donors (Lipinski definition) is 1. The lowest BCUT2D eigenvalue weighted by atomic mass is 10.0. The van der Waals surface area contributed by atoms with Gasteiger partial charge in [-0.05, 0) is 42.5 Å². The van der Waals surface area contributed by atoms with E-state index in [2.05, 4.69) is 10.2 Å². The molecule has 4 rings (SSSR count). The Labute approximate surface area is 198 Å². The molecule has 1 aromatic heterocycles. The van der Waals surface area contributed by atoms with Crippen molar-refractivity contribution in [2.45, 2.75) is 49.9 Å². The number of carbonyl (C=O) groups is 2.